The van der Waals surface area contributed by atoms with Crippen molar-refractivity contribution in [1.82, 2.24) is 10.0 Å². The molecule has 1 aliphatic carbocycles. The number of phenolic OH excluding ortho intramolecular Hbond substituents is 1. The quantitative estimate of drug-likeness (QED) is 0.610. The van der Waals surface area contributed by atoms with Crippen molar-refractivity contribution in [2.75, 3.05) is 16.2 Å². The van der Waals surface area contributed by atoms with E-state index in [9.17, 15) is 27.5 Å². The maximum atomic E-state index is 14.4. The van der Waals surface area contributed by atoms with Gasteiger partial charge in [-0.25, -0.2) is 18.2 Å². The summed E-state index contributed by atoms with van der Waals surface area (Å²) in [6, 6.07) is 1.41. The van der Waals surface area contributed by atoms with Crippen LogP contribution >= 0.6 is 0 Å². The number of carbonyl (C=O) groups excluding carboxylic acids is 2. The molecule has 3 rings (SSSR count). The fourth-order valence-electron chi connectivity index (χ4n) is 3.31. The first-order chi connectivity index (χ1) is 12.7. The van der Waals surface area contributed by atoms with Gasteiger partial charge in [0.05, 0.1) is 0 Å². The minimum Gasteiger partial charge on any atom is -0.506 e. The average Bonchev–Trinajstić information content (AvgIpc) is 2.81. The van der Waals surface area contributed by atoms with Crippen molar-refractivity contribution in [3.8, 4) is 5.75 Å². The highest BCUT2D eigenvalue weighted by molar-refractivity contribution is 7.92. The first-order valence-corrected chi connectivity index (χ1v) is 10.0. The van der Waals surface area contributed by atoms with E-state index in [1.807, 2.05) is 0 Å². The fourth-order valence-corrected chi connectivity index (χ4v) is 4.48. The highest BCUT2D eigenvalue weighted by Gasteiger charge is 2.37. The molecule has 0 radical (unpaired) electrons. The lowest BCUT2D eigenvalue weighted by Crippen LogP contribution is -2.40. The number of rotatable bonds is 3. The van der Waals surface area contributed by atoms with Crippen LogP contribution in [0.4, 0.5) is 20.6 Å². The van der Waals surface area contributed by atoms with E-state index in [4.69, 9.17) is 0 Å². The molecule has 1 aliphatic heterocycles. The van der Waals surface area contributed by atoms with Crippen LogP contribution < -0.4 is 19.7 Å². The number of nitrogens with one attached hydrogen (secondary N) is 3. The van der Waals surface area contributed by atoms with E-state index in [1.165, 1.54) is 0 Å². The van der Waals surface area contributed by atoms with Crippen molar-refractivity contribution in [2.24, 2.45) is 5.92 Å². The van der Waals surface area contributed by atoms with Gasteiger partial charge in [0.1, 0.15) is 18.0 Å². The first-order valence-electron chi connectivity index (χ1n) is 8.59. The number of hydrogen-bond donors (Lipinski definition) is 4. The molecule has 0 bridgehead atoms. The van der Waals surface area contributed by atoms with Gasteiger partial charge in [-0.05, 0) is 37.7 Å². The third-order valence-corrected chi connectivity index (χ3v) is 6.10. The molecule has 148 valence electrons. The second-order valence-corrected chi connectivity index (χ2v) is 8.51. The first kappa shape index (κ1) is 19.2. The van der Waals surface area contributed by atoms with Crippen LogP contribution in [0.1, 0.15) is 32.6 Å². The molecule has 11 heteroatoms. The molecule has 1 aromatic carbocycles. The van der Waals surface area contributed by atoms with E-state index in [2.05, 4.69) is 17.6 Å². The lowest BCUT2D eigenvalue weighted by molar-refractivity contribution is -0.117. The van der Waals surface area contributed by atoms with E-state index < -0.39 is 45.9 Å². The van der Waals surface area contributed by atoms with Gasteiger partial charge in [-0.15, -0.1) is 0 Å². The van der Waals surface area contributed by atoms with Crippen LogP contribution in [0.5, 0.6) is 5.75 Å². The summed E-state index contributed by atoms with van der Waals surface area (Å²) >= 11 is 0. The number of anilines is 2. The van der Waals surface area contributed by atoms with Gasteiger partial charge in [0.25, 0.3) is 5.91 Å². The monoisotopic (exact) mass is 400 g/mol. The predicted molar refractivity (Wildman–Crippen MR) is 96.0 cm³/mol. The van der Waals surface area contributed by atoms with Gasteiger partial charge >= 0.3 is 16.2 Å². The summed E-state index contributed by atoms with van der Waals surface area (Å²) in [6.45, 7) is 1.52. The Bertz CT molecular complexity index is 845. The molecule has 1 saturated heterocycles. The maximum absolute atomic E-state index is 14.4. The highest BCUT2D eigenvalue weighted by Crippen LogP contribution is 2.36. The summed E-state index contributed by atoms with van der Waals surface area (Å²) < 4.78 is 40.2. The summed E-state index contributed by atoms with van der Waals surface area (Å²) in [4.78, 5) is 23.4. The predicted octanol–water partition coefficient (Wildman–Crippen LogP) is 1.41. The van der Waals surface area contributed by atoms with Gasteiger partial charge in [-0.3, -0.25) is 4.79 Å². The molecule has 2 aliphatic rings. The largest absolute Gasteiger partial charge is 0.506 e. The van der Waals surface area contributed by atoms with Gasteiger partial charge in [0.2, 0.25) is 0 Å². The normalized spacial score (nSPS) is 24.4. The SMILES string of the molecule is CC1CCC(NC(=O)Nc2cc(O)c(N3CC(=O)NS3(=O)=O)c(F)c2)CC1. The van der Waals surface area contributed by atoms with E-state index >= 15 is 0 Å². The summed E-state index contributed by atoms with van der Waals surface area (Å²) in [6.07, 6.45) is 3.76. The minimum atomic E-state index is -4.26. The minimum absolute atomic E-state index is 0.0331. The molecule has 1 heterocycles. The Morgan fingerprint density at radius 1 is 1.30 bits per heavy atom. The van der Waals surface area contributed by atoms with Crippen LogP contribution in [0.15, 0.2) is 12.1 Å². The Morgan fingerprint density at radius 2 is 1.96 bits per heavy atom. The number of amides is 3. The van der Waals surface area contributed by atoms with Gasteiger partial charge in [0, 0.05) is 17.8 Å². The van der Waals surface area contributed by atoms with Crippen LogP contribution in [-0.4, -0.2) is 38.0 Å². The van der Waals surface area contributed by atoms with E-state index in [0.29, 0.717) is 10.2 Å². The maximum Gasteiger partial charge on any atom is 0.326 e. The molecule has 3 amide bonds. The summed E-state index contributed by atoms with van der Waals surface area (Å²) in [5.74, 6) is -2.00. The molecule has 0 aromatic heterocycles. The van der Waals surface area contributed by atoms with Crippen molar-refractivity contribution in [3.63, 3.8) is 0 Å². The van der Waals surface area contributed by atoms with E-state index in [0.717, 1.165) is 37.8 Å². The van der Waals surface area contributed by atoms with Gasteiger partial charge in [-0.2, -0.15) is 8.42 Å². The zero-order chi connectivity index (χ0) is 19.8. The summed E-state index contributed by atoms with van der Waals surface area (Å²) in [7, 11) is -4.26. The molecule has 9 nitrogen and oxygen atoms in total. The fraction of sp³-hybridized carbons (Fsp3) is 0.500. The molecule has 0 atom stereocenters. The molecule has 1 saturated carbocycles. The van der Waals surface area contributed by atoms with Crippen LogP contribution in [0.3, 0.4) is 0 Å². The zero-order valence-corrected chi connectivity index (χ0v) is 15.5. The molecule has 2 fully saturated rings. The van der Waals surface area contributed by atoms with Crippen LogP contribution in [0.25, 0.3) is 0 Å². The molecule has 0 unspecified atom stereocenters. The van der Waals surface area contributed by atoms with Crippen LogP contribution in [0, 0.1) is 11.7 Å². The topological polar surface area (TPSA) is 128 Å². The number of halogens is 1. The van der Waals surface area contributed by atoms with Crippen molar-refractivity contribution < 1.29 is 27.5 Å². The van der Waals surface area contributed by atoms with Crippen molar-refractivity contribution >= 4 is 33.5 Å². The molecule has 27 heavy (non-hydrogen) atoms. The Balaban J connectivity index is 1.71. The highest BCUT2D eigenvalue weighted by atomic mass is 32.2. The lowest BCUT2D eigenvalue weighted by atomic mass is 9.87. The smallest absolute Gasteiger partial charge is 0.326 e. The summed E-state index contributed by atoms with van der Waals surface area (Å²) in [5.41, 5.74) is -0.688. The van der Waals surface area contributed by atoms with Crippen molar-refractivity contribution in [3.05, 3.63) is 17.9 Å². The molecule has 4 N–H and O–H groups in total. The molecular formula is C16H21FN4O5S. The van der Waals surface area contributed by atoms with Crippen molar-refractivity contribution in [2.45, 2.75) is 38.6 Å². The molecule has 0 spiro atoms. The lowest BCUT2D eigenvalue weighted by Gasteiger charge is -2.27. The Kier molecular flexibility index (Phi) is 5.13. The standard InChI is InChI=1S/C16H21FN4O5S/c1-9-2-4-10(5-3-9)18-16(24)19-11-6-12(17)15(13(22)7-11)21-8-14(23)20-27(21,25)26/h6-7,9-10,22H,2-5,8H2,1H3,(H,20,23)(H2,18,19,24). The Hall–Kier alpha value is -2.56. The van der Waals surface area contributed by atoms with E-state index in [1.54, 1.807) is 4.72 Å². The second kappa shape index (κ2) is 7.22. The van der Waals surface area contributed by atoms with Gasteiger partial charge < -0.3 is 15.7 Å². The molecule has 1 aromatic rings. The zero-order valence-electron chi connectivity index (χ0n) is 14.7. The second-order valence-electron chi connectivity index (χ2n) is 6.92. The number of carbonyl (C=O) groups is 2. The van der Waals surface area contributed by atoms with Gasteiger partial charge in [0.15, 0.2) is 5.82 Å². The number of aromatic hydroxyl groups is 1. The van der Waals surface area contributed by atoms with Gasteiger partial charge in [-0.1, -0.05) is 6.92 Å². The Morgan fingerprint density at radius 3 is 2.52 bits per heavy atom. The third kappa shape index (κ3) is 4.24. The number of benzene rings is 1. The average molecular weight is 400 g/mol. The number of hydrogen-bond acceptors (Lipinski definition) is 5. The Labute approximate surface area is 156 Å². The number of urea groups is 1. The van der Waals surface area contributed by atoms with Crippen molar-refractivity contribution in [1.29, 1.82) is 0 Å². The number of nitrogens with zero attached hydrogens (tertiary/aromatic N) is 1. The van der Waals surface area contributed by atoms with Crippen LogP contribution in [0.2, 0.25) is 0 Å². The van der Waals surface area contributed by atoms with Crippen LogP contribution in [-0.2, 0) is 15.0 Å². The molecular weight excluding hydrogens is 379 g/mol. The summed E-state index contributed by atoms with van der Waals surface area (Å²) in [5, 5.41) is 15.3. The van der Waals surface area contributed by atoms with E-state index in [-0.39, 0.29) is 11.7 Å². The third-order valence-electron chi connectivity index (χ3n) is 4.72. The number of phenols is 1.